The second-order valence-corrected chi connectivity index (χ2v) is 7.37. The maximum atomic E-state index is 13.1. The van der Waals surface area contributed by atoms with Gasteiger partial charge >= 0.3 is 0 Å². The van der Waals surface area contributed by atoms with E-state index >= 15 is 0 Å². The normalized spacial score (nSPS) is 11.1. The smallest absolute Gasteiger partial charge is 0.291 e. The molecule has 0 aliphatic heterocycles. The lowest BCUT2D eigenvalue weighted by atomic mass is 10.1. The molecule has 2 aromatic carbocycles. The van der Waals surface area contributed by atoms with Crippen LogP contribution in [-0.4, -0.2) is 17.4 Å². The average molecular weight is 380 g/mol. The van der Waals surface area contributed by atoms with Gasteiger partial charge in [0.2, 0.25) is 0 Å². The number of hydrogen-bond acceptors (Lipinski definition) is 3. The highest BCUT2D eigenvalue weighted by Gasteiger charge is 2.20. The maximum Gasteiger partial charge on any atom is 0.291 e. The van der Waals surface area contributed by atoms with E-state index in [0.29, 0.717) is 22.6 Å². The van der Waals surface area contributed by atoms with Crippen LogP contribution in [0.15, 0.2) is 65.1 Å². The Labute approximate surface area is 162 Å². The molecule has 0 saturated heterocycles. The van der Waals surface area contributed by atoms with E-state index in [1.54, 1.807) is 42.5 Å². The summed E-state index contributed by atoms with van der Waals surface area (Å²) in [5.41, 5.74) is 0.995. The molecule has 0 unspecified atom stereocenters. The van der Waals surface area contributed by atoms with E-state index < -0.39 is 11.4 Å². The largest absolute Gasteiger partial charge is 0.451 e. The molecule has 6 heteroatoms. The van der Waals surface area contributed by atoms with E-state index in [2.05, 4.69) is 10.6 Å². The first-order valence-corrected chi connectivity index (χ1v) is 8.81. The van der Waals surface area contributed by atoms with Crippen molar-refractivity contribution in [1.29, 1.82) is 0 Å². The van der Waals surface area contributed by atoms with Gasteiger partial charge in [-0.1, -0.05) is 12.1 Å². The summed E-state index contributed by atoms with van der Waals surface area (Å²) in [7, 11) is 0. The van der Waals surface area contributed by atoms with E-state index in [-0.39, 0.29) is 17.5 Å². The molecule has 3 rings (SSSR count). The Morgan fingerprint density at radius 3 is 2.25 bits per heavy atom. The minimum atomic E-state index is -0.482. The quantitative estimate of drug-likeness (QED) is 0.679. The fourth-order valence-electron chi connectivity index (χ4n) is 2.61. The fraction of sp³-hybridized carbons (Fsp3) is 0.182. The number of para-hydroxylation sites is 1. The van der Waals surface area contributed by atoms with Crippen molar-refractivity contribution in [3.8, 4) is 11.3 Å². The van der Waals surface area contributed by atoms with Gasteiger partial charge in [-0.15, -0.1) is 0 Å². The van der Waals surface area contributed by atoms with Crippen molar-refractivity contribution < 1.29 is 18.4 Å². The van der Waals surface area contributed by atoms with Crippen molar-refractivity contribution >= 4 is 17.5 Å². The molecule has 0 aliphatic carbocycles. The van der Waals surface area contributed by atoms with Crippen LogP contribution >= 0.6 is 0 Å². The first-order chi connectivity index (χ1) is 13.2. The second kappa shape index (κ2) is 7.68. The molecule has 0 bridgehead atoms. The van der Waals surface area contributed by atoms with Gasteiger partial charge in [0.15, 0.2) is 5.76 Å². The summed E-state index contributed by atoms with van der Waals surface area (Å²) in [4.78, 5) is 25.1. The van der Waals surface area contributed by atoms with Gasteiger partial charge < -0.3 is 15.1 Å². The summed E-state index contributed by atoms with van der Waals surface area (Å²) in [6.45, 7) is 5.64. The lowest BCUT2D eigenvalue weighted by Crippen LogP contribution is -2.40. The highest BCUT2D eigenvalue weighted by atomic mass is 19.1. The van der Waals surface area contributed by atoms with Crippen LogP contribution in [0.5, 0.6) is 0 Å². The van der Waals surface area contributed by atoms with Crippen LogP contribution in [0.3, 0.4) is 0 Å². The molecule has 1 heterocycles. The zero-order valence-corrected chi connectivity index (χ0v) is 15.9. The summed E-state index contributed by atoms with van der Waals surface area (Å²) >= 11 is 0. The van der Waals surface area contributed by atoms with Crippen LogP contribution in [0.25, 0.3) is 11.3 Å². The molecule has 28 heavy (non-hydrogen) atoms. The van der Waals surface area contributed by atoms with Gasteiger partial charge in [0.25, 0.3) is 11.8 Å². The molecule has 5 nitrogen and oxygen atoms in total. The minimum Gasteiger partial charge on any atom is -0.451 e. The van der Waals surface area contributed by atoms with Crippen LogP contribution in [0.4, 0.5) is 10.1 Å². The molecule has 144 valence electrons. The molecule has 0 saturated carbocycles. The molecule has 0 atom stereocenters. The fourth-order valence-corrected chi connectivity index (χ4v) is 2.61. The Balaban J connectivity index is 1.79. The zero-order valence-electron chi connectivity index (χ0n) is 15.9. The Morgan fingerprint density at radius 2 is 1.57 bits per heavy atom. The lowest BCUT2D eigenvalue weighted by Gasteiger charge is -2.21. The number of rotatable bonds is 4. The molecular weight excluding hydrogens is 359 g/mol. The van der Waals surface area contributed by atoms with Crippen LogP contribution < -0.4 is 10.6 Å². The highest BCUT2D eigenvalue weighted by Crippen LogP contribution is 2.24. The summed E-state index contributed by atoms with van der Waals surface area (Å²) in [5, 5.41) is 5.59. The monoisotopic (exact) mass is 380 g/mol. The van der Waals surface area contributed by atoms with E-state index in [1.165, 1.54) is 18.2 Å². The molecule has 0 spiro atoms. The summed E-state index contributed by atoms with van der Waals surface area (Å²) < 4.78 is 18.6. The van der Waals surface area contributed by atoms with Gasteiger partial charge in [0.05, 0.1) is 11.3 Å². The number of carbonyl (C=O) groups is 2. The van der Waals surface area contributed by atoms with Crippen LogP contribution in [-0.2, 0) is 0 Å². The summed E-state index contributed by atoms with van der Waals surface area (Å²) in [5.74, 6) is -0.577. The molecule has 0 aliphatic rings. The topological polar surface area (TPSA) is 71.3 Å². The maximum absolute atomic E-state index is 13.1. The van der Waals surface area contributed by atoms with Crippen molar-refractivity contribution in [3.63, 3.8) is 0 Å². The number of benzene rings is 2. The third-order valence-corrected chi connectivity index (χ3v) is 3.87. The zero-order chi connectivity index (χ0) is 20.3. The Bertz CT molecular complexity index is 1000. The Morgan fingerprint density at radius 1 is 0.893 bits per heavy atom. The Hall–Kier alpha value is -3.41. The molecule has 0 radical (unpaired) electrons. The molecule has 1 aromatic heterocycles. The van der Waals surface area contributed by atoms with Gasteiger partial charge in [-0.3, -0.25) is 9.59 Å². The van der Waals surface area contributed by atoms with Gasteiger partial charge in [-0.05, 0) is 69.3 Å². The van der Waals surface area contributed by atoms with Gasteiger partial charge in [0.1, 0.15) is 11.6 Å². The number of furan rings is 1. The molecule has 0 fully saturated rings. The number of halogens is 1. The van der Waals surface area contributed by atoms with E-state index in [4.69, 9.17) is 4.42 Å². The average Bonchev–Trinajstić information content (AvgIpc) is 3.11. The lowest BCUT2D eigenvalue weighted by molar-refractivity contribution is 0.0920. The first-order valence-electron chi connectivity index (χ1n) is 8.81. The first kappa shape index (κ1) is 19.4. The van der Waals surface area contributed by atoms with E-state index in [1.807, 2.05) is 20.8 Å². The number of hydrogen-bond donors (Lipinski definition) is 2. The SMILES string of the molecule is CC(C)(C)NC(=O)c1ccccc1NC(=O)c1ccc(-c2ccc(F)cc2)o1. The summed E-state index contributed by atoms with van der Waals surface area (Å²) in [6.07, 6.45) is 0. The third-order valence-electron chi connectivity index (χ3n) is 3.87. The predicted octanol–water partition coefficient (Wildman–Crippen LogP) is 4.87. The van der Waals surface area contributed by atoms with Crippen molar-refractivity contribution in [2.24, 2.45) is 0 Å². The van der Waals surface area contributed by atoms with Gasteiger partial charge in [-0.25, -0.2) is 4.39 Å². The van der Waals surface area contributed by atoms with E-state index in [9.17, 15) is 14.0 Å². The molecule has 2 amide bonds. The number of carbonyl (C=O) groups excluding carboxylic acids is 2. The molecule has 3 aromatic rings. The number of amides is 2. The number of nitrogens with one attached hydrogen (secondary N) is 2. The highest BCUT2D eigenvalue weighted by molar-refractivity contribution is 6.08. The molecule has 2 N–H and O–H groups in total. The summed E-state index contributed by atoms with van der Waals surface area (Å²) in [6, 6.07) is 15.7. The van der Waals surface area contributed by atoms with E-state index in [0.717, 1.165) is 0 Å². The predicted molar refractivity (Wildman–Crippen MR) is 106 cm³/mol. The van der Waals surface area contributed by atoms with Crippen LogP contribution in [0.2, 0.25) is 0 Å². The van der Waals surface area contributed by atoms with Crippen molar-refractivity contribution in [2.75, 3.05) is 5.32 Å². The molecular formula is C22H21FN2O3. The van der Waals surface area contributed by atoms with Crippen LogP contribution in [0.1, 0.15) is 41.7 Å². The Kier molecular flexibility index (Phi) is 5.31. The van der Waals surface area contributed by atoms with Crippen molar-refractivity contribution in [3.05, 3.63) is 77.8 Å². The van der Waals surface area contributed by atoms with Gasteiger partial charge in [-0.2, -0.15) is 0 Å². The van der Waals surface area contributed by atoms with Crippen LogP contribution in [0, 0.1) is 5.82 Å². The van der Waals surface area contributed by atoms with Gasteiger partial charge in [0, 0.05) is 11.1 Å². The second-order valence-electron chi connectivity index (χ2n) is 7.37. The minimum absolute atomic E-state index is 0.0883. The van der Waals surface area contributed by atoms with Crippen molar-refractivity contribution in [1.82, 2.24) is 5.32 Å². The van der Waals surface area contributed by atoms with Crippen molar-refractivity contribution in [2.45, 2.75) is 26.3 Å². The standard InChI is InChI=1S/C22H21FN2O3/c1-22(2,3)25-20(26)16-6-4-5-7-17(16)24-21(27)19-13-12-18(28-19)14-8-10-15(23)11-9-14/h4-13H,1-3H3,(H,24,27)(H,25,26). The number of anilines is 1. The third kappa shape index (κ3) is 4.65.